The number of rotatable bonds is 6. The zero-order chi connectivity index (χ0) is 18.1. The van der Waals surface area contributed by atoms with E-state index in [9.17, 15) is 0 Å². The predicted molar refractivity (Wildman–Crippen MR) is 102 cm³/mol. The maximum atomic E-state index is 9.06. The number of benzene rings is 1. The van der Waals surface area contributed by atoms with Crippen LogP contribution in [0, 0.1) is 6.92 Å². The average Bonchev–Trinajstić information content (AvgIpc) is 3.03. The molecule has 2 aromatic heterocycles. The molecule has 7 nitrogen and oxygen atoms in total. The number of nitrogens with zero attached hydrogens (tertiary/aromatic N) is 2. The quantitative estimate of drug-likeness (QED) is 0.400. The van der Waals surface area contributed by atoms with Gasteiger partial charge in [0.05, 0.1) is 5.52 Å². The Morgan fingerprint density at radius 2 is 1.92 bits per heavy atom. The molecular formula is C17H22N5O2P. The molecule has 0 bridgehead atoms. The molecule has 0 fully saturated rings. The van der Waals surface area contributed by atoms with E-state index in [4.69, 9.17) is 9.69 Å². The minimum absolute atomic E-state index is 0.0350. The smallest absolute Gasteiger partial charge is 0.206 e. The average molecular weight is 359 g/mol. The number of fused-ring (bicyclic) bond motifs is 1. The summed E-state index contributed by atoms with van der Waals surface area (Å²) >= 11 is 0. The van der Waals surface area contributed by atoms with Crippen molar-refractivity contribution in [3.63, 3.8) is 0 Å². The van der Waals surface area contributed by atoms with E-state index < -0.39 is 0 Å². The molecule has 0 aliphatic carbocycles. The van der Waals surface area contributed by atoms with Crippen LogP contribution in [-0.4, -0.2) is 33.3 Å². The molecule has 0 aliphatic heterocycles. The summed E-state index contributed by atoms with van der Waals surface area (Å²) < 4.78 is 0. The number of hydrogen-bond donors (Lipinski definition) is 4. The van der Waals surface area contributed by atoms with E-state index in [0.29, 0.717) is 13.0 Å². The van der Waals surface area contributed by atoms with Crippen LogP contribution < -0.4 is 10.6 Å². The van der Waals surface area contributed by atoms with Crippen molar-refractivity contribution in [2.24, 2.45) is 0 Å². The zero-order valence-electron chi connectivity index (χ0n) is 14.2. The summed E-state index contributed by atoms with van der Waals surface area (Å²) in [5.74, 6) is 0.814. The number of carbonyl (C=O) groups is 1. The minimum atomic E-state index is -0.0350. The molecule has 1 amide bonds. The molecule has 132 valence electrons. The van der Waals surface area contributed by atoms with Gasteiger partial charge in [-0.1, -0.05) is 24.3 Å². The Bertz CT molecular complexity index is 804. The van der Waals surface area contributed by atoms with Gasteiger partial charge in [0.2, 0.25) is 6.41 Å². The van der Waals surface area contributed by atoms with Crippen LogP contribution in [0.1, 0.15) is 16.7 Å². The summed E-state index contributed by atoms with van der Waals surface area (Å²) in [5, 5.41) is 5.59. The fraction of sp³-hybridized carbons (Fsp3) is 0.235. The number of nitrogens with one attached hydrogen (secondary N) is 3. The van der Waals surface area contributed by atoms with E-state index >= 15 is 0 Å². The van der Waals surface area contributed by atoms with Crippen LogP contribution in [0.3, 0.4) is 0 Å². The van der Waals surface area contributed by atoms with Crippen LogP contribution in [0.15, 0.2) is 36.8 Å². The molecule has 0 saturated heterocycles. The number of amides is 1. The molecule has 4 N–H and O–H groups in total. The monoisotopic (exact) mass is 359 g/mol. The summed E-state index contributed by atoms with van der Waals surface area (Å²) in [5.41, 5.74) is 5.34. The lowest BCUT2D eigenvalue weighted by Gasteiger charge is -2.07. The highest BCUT2D eigenvalue weighted by molar-refractivity contribution is 7.30. The first-order valence-corrected chi connectivity index (χ1v) is 8.93. The second-order valence-corrected chi connectivity index (χ2v) is 6.00. The van der Waals surface area contributed by atoms with Crippen molar-refractivity contribution in [3.8, 4) is 0 Å². The second kappa shape index (κ2) is 9.71. The van der Waals surface area contributed by atoms with Crippen LogP contribution in [0.25, 0.3) is 11.0 Å². The Hall–Kier alpha value is -2.50. The molecule has 3 aromatic rings. The van der Waals surface area contributed by atoms with E-state index in [1.807, 2.05) is 13.1 Å². The normalized spacial score (nSPS) is 10.5. The molecule has 0 radical (unpaired) electrons. The molecule has 0 spiro atoms. The summed E-state index contributed by atoms with van der Waals surface area (Å²) in [6.07, 6.45) is 4.87. The Morgan fingerprint density at radius 1 is 1.24 bits per heavy atom. The van der Waals surface area contributed by atoms with Gasteiger partial charge in [-0.15, -0.1) is 0 Å². The number of H-pyrrole nitrogens is 1. The van der Waals surface area contributed by atoms with Crippen LogP contribution in [0.4, 0.5) is 5.82 Å². The number of aryl methyl sites for hydroxylation is 1. The van der Waals surface area contributed by atoms with Gasteiger partial charge in [0.1, 0.15) is 11.8 Å². The maximum Gasteiger partial charge on any atom is 0.206 e. The van der Waals surface area contributed by atoms with Crippen molar-refractivity contribution in [2.75, 3.05) is 12.4 Å². The van der Waals surface area contributed by atoms with Crippen molar-refractivity contribution in [2.45, 2.75) is 19.6 Å². The van der Waals surface area contributed by atoms with Crippen molar-refractivity contribution in [1.29, 1.82) is 0 Å². The van der Waals surface area contributed by atoms with Gasteiger partial charge in [0.15, 0.2) is 5.82 Å². The third-order valence-electron chi connectivity index (χ3n) is 3.54. The fourth-order valence-electron chi connectivity index (χ4n) is 2.26. The predicted octanol–water partition coefficient (Wildman–Crippen LogP) is 2.33. The zero-order valence-corrected chi connectivity index (χ0v) is 15.2. The topological polar surface area (TPSA) is 103 Å². The molecule has 1 aromatic carbocycles. The van der Waals surface area contributed by atoms with Crippen molar-refractivity contribution in [1.82, 2.24) is 20.3 Å². The summed E-state index contributed by atoms with van der Waals surface area (Å²) in [4.78, 5) is 29.8. The van der Waals surface area contributed by atoms with Gasteiger partial charge >= 0.3 is 0 Å². The van der Waals surface area contributed by atoms with E-state index in [1.54, 1.807) is 13.4 Å². The number of aromatic nitrogens is 3. The lowest BCUT2D eigenvalue weighted by molar-refractivity contribution is -0.109. The Kier molecular flexibility index (Phi) is 7.32. The third-order valence-corrected chi connectivity index (χ3v) is 4.10. The first-order chi connectivity index (χ1) is 12.2. The summed E-state index contributed by atoms with van der Waals surface area (Å²) in [6.45, 7) is 2.72. The van der Waals surface area contributed by atoms with Crippen LogP contribution in [0.5, 0.6) is 0 Å². The molecular weight excluding hydrogens is 337 g/mol. The van der Waals surface area contributed by atoms with E-state index in [1.165, 1.54) is 5.56 Å². The molecule has 0 aliphatic rings. The van der Waals surface area contributed by atoms with Crippen LogP contribution in [0.2, 0.25) is 0 Å². The Labute approximate surface area is 148 Å². The molecule has 1 unspecified atom stereocenters. The van der Waals surface area contributed by atoms with E-state index in [0.717, 1.165) is 34.1 Å². The van der Waals surface area contributed by atoms with Gasteiger partial charge in [0, 0.05) is 34.8 Å². The number of anilines is 1. The van der Waals surface area contributed by atoms with Crippen molar-refractivity contribution in [3.05, 3.63) is 53.5 Å². The first-order valence-electron chi connectivity index (χ1n) is 7.77. The highest BCUT2D eigenvalue weighted by Gasteiger charge is 2.07. The minimum Gasteiger partial charge on any atom is -0.377 e. The third kappa shape index (κ3) is 5.24. The standard InChI is InChI=1S/C15H17N4OP.C2H5NO/c1-10-6-16-14-13(10)18-9-19-15(14)17-7-11-2-4-12(5-3-11)8-21-20;1-3-2-4/h2-6,9,16,20-21H,7-8H2,1H3,(H,17,18,19);2H,1H3,(H,3,4). The fourth-order valence-corrected chi connectivity index (χ4v) is 2.67. The number of hydrogen-bond acceptors (Lipinski definition) is 5. The maximum absolute atomic E-state index is 9.06. The highest BCUT2D eigenvalue weighted by atomic mass is 31.1. The molecule has 3 rings (SSSR count). The van der Waals surface area contributed by atoms with Crippen LogP contribution >= 0.6 is 8.81 Å². The second-order valence-electron chi connectivity index (χ2n) is 5.33. The SMILES string of the molecule is CNC=O.Cc1c[nH]c2c(NCc3ccc(CPO)cc3)ncnc12. The summed E-state index contributed by atoms with van der Waals surface area (Å²) in [6, 6.07) is 8.24. The van der Waals surface area contributed by atoms with Crippen molar-refractivity contribution >= 4 is 32.1 Å². The summed E-state index contributed by atoms with van der Waals surface area (Å²) in [7, 11) is 1.53. The Balaban J connectivity index is 0.000000511. The largest absolute Gasteiger partial charge is 0.377 e. The van der Waals surface area contributed by atoms with E-state index in [-0.39, 0.29) is 8.81 Å². The lowest BCUT2D eigenvalue weighted by atomic mass is 10.1. The van der Waals surface area contributed by atoms with Gasteiger partial charge < -0.3 is 20.5 Å². The van der Waals surface area contributed by atoms with Gasteiger partial charge in [-0.3, -0.25) is 4.79 Å². The highest BCUT2D eigenvalue weighted by Crippen LogP contribution is 2.21. The van der Waals surface area contributed by atoms with Crippen LogP contribution in [-0.2, 0) is 17.5 Å². The van der Waals surface area contributed by atoms with Gasteiger partial charge in [0.25, 0.3) is 0 Å². The molecule has 8 heteroatoms. The number of aromatic amines is 1. The van der Waals surface area contributed by atoms with Crippen molar-refractivity contribution < 1.29 is 9.69 Å². The van der Waals surface area contributed by atoms with Gasteiger partial charge in [-0.25, -0.2) is 9.97 Å². The van der Waals surface area contributed by atoms with Gasteiger partial charge in [-0.2, -0.15) is 0 Å². The van der Waals surface area contributed by atoms with E-state index in [2.05, 4.69) is 49.9 Å². The van der Waals surface area contributed by atoms with Gasteiger partial charge in [-0.05, 0) is 23.6 Å². The Morgan fingerprint density at radius 3 is 2.56 bits per heavy atom. The first kappa shape index (κ1) is 18.8. The molecule has 0 saturated carbocycles. The molecule has 25 heavy (non-hydrogen) atoms. The number of carbonyl (C=O) groups excluding carboxylic acids is 1. The molecule has 1 atom stereocenters. The lowest BCUT2D eigenvalue weighted by Crippen LogP contribution is -2.02. The molecule has 2 heterocycles.